The number of nitrogens with zero attached hydrogens (tertiary/aromatic N) is 4. The van der Waals surface area contributed by atoms with E-state index in [0.29, 0.717) is 6.04 Å². The van der Waals surface area contributed by atoms with Gasteiger partial charge in [-0.25, -0.2) is 9.97 Å². The Balaban J connectivity index is 1.94. The maximum Gasteiger partial charge on any atom is 0.271 e. The van der Waals surface area contributed by atoms with Gasteiger partial charge in [0.2, 0.25) is 0 Å². The van der Waals surface area contributed by atoms with Crippen LogP contribution in [0.5, 0.6) is 0 Å². The molecule has 1 aliphatic carbocycles. The Hall–Kier alpha value is -1.95. The molecule has 1 aliphatic rings. The summed E-state index contributed by atoms with van der Waals surface area (Å²) in [6, 6.07) is 2.31. The van der Waals surface area contributed by atoms with Crippen LogP contribution < -0.4 is 10.5 Å². The van der Waals surface area contributed by atoms with Gasteiger partial charge in [0.1, 0.15) is 9.53 Å². The second kappa shape index (κ2) is 6.16. The minimum atomic E-state index is 0.0972. The van der Waals surface area contributed by atoms with E-state index in [9.17, 15) is 4.79 Å². The number of anilines is 1. The van der Waals surface area contributed by atoms with Crippen LogP contribution in [0.25, 0.3) is 20.4 Å². The highest BCUT2D eigenvalue weighted by molar-refractivity contribution is 7.25. The molecule has 0 N–H and O–H groups in total. The summed E-state index contributed by atoms with van der Waals surface area (Å²) < 4.78 is 2.60. The summed E-state index contributed by atoms with van der Waals surface area (Å²) >= 11 is 1.47. The highest BCUT2D eigenvalue weighted by Gasteiger charge is 2.21. The number of aromatic nitrogens is 3. The minimum absolute atomic E-state index is 0.0972. The van der Waals surface area contributed by atoms with Crippen LogP contribution in [0.1, 0.15) is 45.1 Å². The van der Waals surface area contributed by atoms with E-state index in [1.807, 2.05) is 16.8 Å². The molecule has 3 heterocycles. The first kappa shape index (κ1) is 15.6. The molecule has 1 saturated carbocycles. The van der Waals surface area contributed by atoms with Crippen LogP contribution in [-0.4, -0.2) is 28.1 Å². The number of thiophene rings is 1. The van der Waals surface area contributed by atoms with Gasteiger partial charge in [-0.3, -0.25) is 9.36 Å². The maximum atomic E-state index is 13.0. The predicted molar refractivity (Wildman–Crippen MR) is 100 cm³/mol. The van der Waals surface area contributed by atoms with Crippen LogP contribution in [0.15, 0.2) is 23.4 Å². The summed E-state index contributed by atoms with van der Waals surface area (Å²) in [7, 11) is 2.06. The summed E-state index contributed by atoms with van der Waals surface area (Å²) in [5.41, 5.74) is 1.99. The minimum Gasteiger partial charge on any atom is -0.374 e. The fourth-order valence-corrected chi connectivity index (χ4v) is 4.71. The van der Waals surface area contributed by atoms with E-state index in [0.717, 1.165) is 45.5 Å². The van der Waals surface area contributed by atoms with E-state index in [4.69, 9.17) is 0 Å². The molecule has 126 valence electrons. The summed E-state index contributed by atoms with van der Waals surface area (Å²) in [5.74, 6) is 0. The molecule has 0 aromatic carbocycles. The lowest BCUT2D eigenvalue weighted by Gasteiger charge is -2.23. The third-order valence-corrected chi connectivity index (χ3v) is 6.21. The van der Waals surface area contributed by atoms with Gasteiger partial charge in [-0.1, -0.05) is 19.3 Å². The molecule has 0 amide bonds. The Bertz CT molecular complexity index is 939. The lowest BCUT2D eigenvalue weighted by atomic mass is 9.95. The van der Waals surface area contributed by atoms with Crippen LogP contribution >= 0.6 is 11.3 Å². The average molecular weight is 342 g/mol. The Morgan fingerprint density at radius 3 is 2.83 bits per heavy atom. The first-order valence-corrected chi connectivity index (χ1v) is 9.52. The Kier molecular flexibility index (Phi) is 4.00. The standard InChI is InChI=1S/C18H22N4OS/c1-3-21(2)13-9-10-19-17-14(13)15-16(24-17)18(23)22(11-20-15)12-7-5-4-6-8-12/h9-12H,3-8H2,1-2H3. The zero-order chi connectivity index (χ0) is 16.7. The van der Waals surface area contributed by atoms with Crippen molar-refractivity contribution in [3.63, 3.8) is 0 Å². The predicted octanol–water partition coefficient (Wildman–Crippen LogP) is 3.97. The molecule has 1 fully saturated rings. The maximum absolute atomic E-state index is 13.0. The van der Waals surface area contributed by atoms with Crippen molar-refractivity contribution in [1.82, 2.24) is 14.5 Å². The van der Waals surface area contributed by atoms with E-state index in [2.05, 4.69) is 28.8 Å². The summed E-state index contributed by atoms with van der Waals surface area (Å²) in [6.07, 6.45) is 9.43. The molecule has 24 heavy (non-hydrogen) atoms. The van der Waals surface area contributed by atoms with Crippen LogP contribution in [0.3, 0.4) is 0 Å². The van der Waals surface area contributed by atoms with Gasteiger partial charge in [0, 0.05) is 25.8 Å². The third-order valence-electron chi connectivity index (χ3n) is 5.14. The molecule has 3 aromatic heterocycles. The van der Waals surface area contributed by atoms with Gasteiger partial charge in [-0.2, -0.15) is 0 Å². The first-order valence-electron chi connectivity index (χ1n) is 8.70. The molecular weight excluding hydrogens is 320 g/mol. The molecule has 5 nitrogen and oxygen atoms in total. The molecule has 0 radical (unpaired) electrons. The van der Waals surface area contributed by atoms with Crippen molar-refractivity contribution in [2.75, 3.05) is 18.5 Å². The zero-order valence-electron chi connectivity index (χ0n) is 14.2. The van der Waals surface area contributed by atoms with E-state index in [-0.39, 0.29) is 5.56 Å². The molecule has 0 saturated heterocycles. The van der Waals surface area contributed by atoms with E-state index in [1.54, 1.807) is 6.33 Å². The van der Waals surface area contributed by atoms with Gasteiger partial charge >= 0.3 is 0 Å². The third kappa shape index (κ3) is 2.40. The quantitative estimate of drug-likeness (QED) is 0.723. The van der Waals surface area contributed by atoms with Crippen molar-refractivity contribution in [3.05, 3.63) is 28.9 Å². The smallest absolute Gasteiger partial charge is 0.271 e. The molecule has 0 bridgehead atoms. The van der Waals surface area contributed by atoms with Crippen molar-refractivity contribution in [3.8, 4) is 0 Å². The summed E-state index contributed by atoms with van der Waals surface area (Å²) in [6.45, 7) is 3.01. The SMILES string of the molecule is CCN(C)c1ccnc2sc3c(=O)n(C4CCCCC4)cnc3c12. The fourth-order valence-electron chi connectivity index (χ4n) is 3.66. The monoisotopic (exact) mass is 342 g/mol. The molecule has 6 heteroatoms. The lowest BCUT2D eigenvalue weighted by molar-refractivity contribution is 0.345. The van der Waals surface area contributed by atoms with E-state index >= 15 is 0 Å². The molecule has 3 aromatic rings. The molecule has 0 atom stereocenters. The second-order valence-electron chi connectivity index (χ2n) is 6.55. The number of pyridine rings is 1. The Morgan fingerprint density at radius 1 is 1.29 bits per heavy atom. The molecular formula is C18H22N4OS. The lowest BCUT2D eigenvalue weighted by Crippen LogP contribution is -2.26. The average Bonchev–Trinajstić information content (AvgIpc) is 3.02. The highest BCUT2D eigenvalue weighted by Crippen LogP contribution is 2.36. The summed E-state index contributed by atoms with van der Waals surface area (Å²) in [4.78, 5) is 25.3. The molecule has 0 unspecified atom stereocenters. The highest BCUT2D eigenvalue weighted by atomic mass is 32.1. The summed E-state index contributed by atoms with van der Waals surface area (Å²) in [5, 5.41) is 1.01. The van der Waals surface area contributed by atoms with Gasteiger partial charge in [0.25, 0.3) is 5.56 Å². The molecule has 0 spiro atoms. The van der Waals surface area contributed by atoms with Crippen LogP contribution in [0, 0.1) is 0 Å². The van der Waals surface area contributed by atoms with Crippen molar-refractivity contribution in [2.45, 2.75) is 45.1 Å². The van der Waals surface area contributed by atoms with Gasteiger partial charge < -0.3 is 4.90 Å². The van der Waals surface area contributed by atoms with Crippen molar-refractivity contribution in [2.24, 2.45) is 0 Å². The molecule has 0 aliphatic heterocycles. The number of rotatable bonds is 3. The zero-order valence-corrected chi connectivity index (χ0v) is 15.0. The van der Waals surface area contributed by atoms with E-state index < -0.39 is 0 Å². The van der Waals surface area contributed by atoms with Gasteiger partial charge in [-0.15, -0.1) is 11.3 Å². The second-order valence-corrected chi connectivity index (χ2v) is 7.55. The van der Waals surface area contributed by atoms with Gasteiger partial charge in [0.15, 0.2) is 0 Å². The Labute approximate surface area is 145 Å². The van der Waals surface area contributed by atoms with Crippen LogP contribution in [-0.2, 0) is 0 Å². The van der Waals surface area contributed by atoms with Crippen molar-refractivity contribution >= 4 is 37.5 Å². The van der Waals surface area contributed by atoms with E-state index in [1.165, 1.54) is 30.6 Å². The molecule has 4 rings (SSSR count). The van der Waals surface area contributed by atoms with Crippen LogP contribution in [0.2, 0.25) is 0 Å². The van der Waals surface area contributed by atoms with Crippen molar-refractivity contribution in [1.29, 1.82) is 0 Å². The number of hydrogen-bond donors (Lipinski definition) is 0. The van der Waals surface area contributed by atoms with Crippen LogP contribution in [0.4, 0.5) is 5.69 Å². The van der Waals surface area contributed by atoms with Gasteiger partial charge in [-0.05, 0) is 25.8 Å². The van der Waals surface area contributed by atoms with Gasteiger partial charge in [0.05, 0.1) is 22.9 Å². The fraction of sp³-hybridized carbons (Fsp3) is 0.500. The topological polar surface area (TPSA) is 51.0 Å². The number of fused-ring (bicyclic) bond motifs is 3. The normalized spacial score (nSPS) is 16.1. The Morgan fingerprint density at radius 2 is 2.08 bits per heavy atom. The number of hydrogen-bond acceptors (Lipinski definition) is 5. The largest absolute Gasteiger partial charge is 0.374 e. The van der Waals surface area contributed by atoms with Crippen molar-refractivity contribution < 1.29 is 0 Å². The first-order chi connectivity index (χ1) is 11.7.